The minimum absolute atomic E-state index is 0.526. The molecule has 0 amide bonds. The van der Waals surface area contributed by atoms with Crippen LogP contribution in [0.1, 0.15) is 43.0 Å². The van der Waals surface area contributed by atoms with Gasteiger partial charge in [-0.1, -0.05) is 13.3 Å². The summed E-state index contributed by atoms with van der Waals surface area (Å²) in [6, 6.07) is 0. The molecule has 1 N–H and O–H groups in total. The zero-order chi connectivity index (χ0) is 15.5. The molecule has 0 radical (unpaired) electrons. The molecule has 1 aromatic heterocycles. The Balaban J connectivity index is 2.15. The molecule has 0 saturated heterocycles. The largest absolute Gasteiger partial charge is 0.312 e. The van der Waals surface area contributed by atoms with Gasteiger partial charge in [-0.25, -0.2) is 12.7 Å². The van der Waals surface area contributed by atoms with E-state index in [1.54, 1.807) is 22.7 Å². The predicted octanol–water partition coefficient (Wildman–Crippen LogP) is 2.98. The molecule has 1 fully saturated rings. The molecule has 120 valence electrons. The topological polar surface area (TPSA) is 49.4 Å². The molecular weight excluding hydrogens is 304 g/mol. The summed E-state index contributed by atoms with van der Waals surface area (Å²) < 4.78 is 27.2. The zero-order valence-corrected chi connectivity index (χ0v) is 14.8. The first-order chi connectivity index (χ1) is 9.96. The van der Waals surface area contributed by atoms with Gasteiger partial charge >= 0.3 is 0 Å². The first-order valence-corrected chi connectivity index (χ1v) is 10.0. The van der Waals surface area contributed by atoms with E-state index in [0.29, 0.717) is 23.9 Å². The highest BCUT2D eigenvalue weighted by molar-refractivity contribution is 7.89. The van der Waals surface area contributed by atoms with Gasteiger partial charge in [0.1, 0.15) is 4.90 Å². The van der Waals surface area contributed by atoms with Crippen molar-refractivity contribution in [3.05, 3.63) is 15.8 Å². The van der Waals surface area contributed by atoms with Crippen molar-refractivity contribution >= 4 is 21.4 Å². The van der Waals surface area contributed by atoms with E-state index in [4.69, 9.17) is 0 Å². The Kier molecular flexibility index (Phi) is 5.82. The second-order valence-corrected chi connectivity index (χ2v) is 8.88. The number of nitrogens with one attached hydrogen (secondary N) is 1. The van der Waals surface area contributed by atoms with Crippen molar-refractivity contribution in [3.8, 4) is 0 Å². The van der Waals surface area contributed by atoms with Gasteiger partial charge in [-0.15, -0.1) is 11.3 Å². The molecule has 1 saturated carbocycles. The average molecular weight is 331 g/mol. The van der Waals surface area contributed by atoms with Crippen molar-refractivity contribution in [1.82, 2.24) is 9.62 Å². The summed E-state index contributed by atoms with van der Waals surface area (Å²) in [5, 5.41) is 5.26. The monoisotopic (exact) mass is 330 g/mol. The first kappa shape index (κ1) is 16.9. The molecule has 0 aliphatic heterocycles. The Morgan fingerprint density at radius 2 is 2.14 bits per heavy atom. The second-order valence-electron chi connectivity index (χ2n) is 5.93. The normalized spacial score (nSPS) is 16.4. The number of nitrogens with zero attached hydrogens (tertiary/aromatic N) is 1. The third-order valence-electron chi connectivity index (χ3n) is 4.11. The number of aryl methyl sites for hydroxylation is 1. The number of hydrogen-bond donors (Lipinski definition) is 1. The summed E-state index contributed by atoms with van der Waals surface area (Å²) in [6.45, 7) is 6.20. The van der Waals surface area contributed by atoms with Crippen LogP contribution in [0, 0.1) is 12.8 Å². The zero-order valence-electron chi connectivity index (χ0n) is 13.2. The minimum Gasteiger partial charge on any atom is -0.312 e. The standard InChI is InChI=1S/C15H26N2O2S2/c1-4-8-16-9-14-15(12(2)11-20-14)21(18,19)17(3)10-13-6-5-7-13/h11,13,16H,4-10H2,1-3H3. The summed E-state index contributed by atoms with van der Waals surface area (Å²) in [6.07, 6.45) is 4.61. The van der Waals surface area contributed by atoms with Crippen LogP contribution in [-0.2, 0) is 16.6 Å². The number of thiophene rings is 1. The van der Waals surface area contributed by atoms with E-state index >= 15 is 0 Å². The van der Waals surface area contributed by atoms with Crippen molar-refractivity contribution < 1.29 is 8.42 Å². The van der Waals surface area contributed by atoms with Gasteiger partial charge in [0.15, 0.2) is 0 Å². The van der Waals surface area contributed by atoms with Gasteiger partial charge in [-0.05, 0) is 49.6 Å². The lowest BCUT2D eigenvalue weighted by atomic mass is 9.86. The second kappa shape index (κ2) is 7.22. The summed E-state index contributed by atoms with van der Waals surface area (Å²) in [4.78, 5) is 1.46. The molecule has 1 aliphatic carbocycles. The highest BCUT2D eigenvalue weighted by Crippen LogP contribution is 2.32. The van der Waals surface area contributed by atoms with Crippen LogP contribution in [0.2, 0.25) is 0 Å². The van der Waals surface area contributed by atoms with Crippen LogP contribution in [0.25, 0.3) is 0 Å². The molecule has 1 heterocycles. The quantitative estimate of drug-likeness (QED) is 0.746. The average Bonchev–Trinajstić information content (AvgIpc) is 2.75. The fraction of sp³-hybridized carbons (Fsp3) is 0.733. The van der Waals surface area contributed by atoms with Gasteiger partial charge in [0.05, 0.1) is 0 Å². The van der Waals surface area contributed by atoms with Gasteiger partial charge in [0, 0.05) is 25.0 Å². The van der Waals surface area contributed by atoms with E-state index in [0.717, 1.165) is 36.2 Å². The van der Waals surface area contributed by atoms with Gasteiger partial charge in [-0.2, -0.15) is 0 Å². The number of hydrogen-bond acceptors (Lipinski definition) is 4. The summed E-state index contributed by atoms with van der Waals surface area (Å²) in [5.41, 5.74) is 0.869. The molecule has 0 unspecified atom stereocenters. The maximum atomic E-state index is 12.8. The van der Waals surface area contributed by atoms with Gasteiger partial charge in [0.25, 0.3) is 0 Å². The summed E-state index contributed by atoms with van der Waals surface area (Å²) >= 11 is 1.54. The maximum Gasteiger partial charge on any atom is 0.244 e. The molecule has 2 rings (SSSR count). The third kappa shape index (κ3) is 3.86. The van der Waals surface area contributed by atoms with Gasteiger partial charge in [0.2, 0.25) is 10.0 Å². The fourth-order valence-electron chi connectivity index (χ4n) is 2.63. The van der Waals surface area contributed by atoms with Crippen LogP contribution in [0.5, 0.6) is 0 Å². The lowest BCUT2D eigenvalue weighted by molar-refractivity contribution is 0.263. The SMILES string of the molecule is CCCNCc1scc(C)c1S(=O)(=O)N(C)CC1CCC1. The maximum absolute atomic E-state index is 12.8. The Morgan fingerprint density at radius 3 is 2.71 bits per heavy atom. The molecule has 0 aromatic carbocycles. The smallest absolute Gasteiger partial charge is 0.244 e. The lowest BCUT2D eigenvalue weighted by Crippen LogP contribution is -2.35. The summed E-state index contributed by atoms with van der Waals surface area (Å²) in [5.74, 6) is 0.547. The molecular formula is C15H26N2O2S2. The van der Waals surface area contributed by atoms with Crippen molar-refractivity contribution in [2.24, 2.45) is 5.92 Å². The van der Waals surface area contributed by atoms with Crippen molar-refractivity contribution in [3.63, 3.8) is 0 Å². The number of sulfonamides is 1. The fourth-order valence-corrected chi connectivity index (χ4v) is 5.60. The number of rotatable bonds is 8. The van der Waals surface area contributed by atoms with Gasteiger partial charge in [-0.3, -0.25) is 0 Å². The van der Waals surface area contributed by atoms with Crippen molar-refractivity contribution in [2.45, 2.75) is 51.0 Å². The highest BCUT2D eigenvalue weighted by atomic mass is 32.2. The Morgan fingerprint density at radius 1 is 1.43 bits per heavy atom. The third-order valence-corrected chi connectivity index (χ3v) is 7.40. The van der Waals surface area contributed by atoms with E-state index in [-0.39, 0.29) is 0 Å². The van der Waals surface area contributed by atoms with Crippen LogP contribution in [0.4, 0.5) is 0 Å². The van der Waals surface area contributed by atoms with Crippen LogP contribution < -0.4 is 5.32 Å². The Labute approximate surface area is 132 Å². The van der Waals surface area contributed by atoms with Crippen LogP contribution in [0.3, 0.4) is 0 Å². The molecule has 0 atom stereocenters. The highest BCUT2D eigenvalue weighted by Gasteiger charge is 2.30. The molecule has 21 heavy (non-hydrogen) atoms. The minimum atomic E-state index is -3.36. The first-order valence-electron chi connectivity index (χ1n) is 7.70. The molecule has 4 nitrogen and oxygen atoms in total. The molecule has 0 spiro atoms. The Bertz CT molecular complexity index is 562. The van der Waals surface area contributed by atoms with E-state index in [9.17, 15) is 8.42 Å². The predicted molar refractivity (Wildman–Crippen MR) is 88.2 cm³/mol. The molecule has 0 bridgehead atoms. The van der Waals surface area contributed by atoms with E-state index in [1.165, 1.54) is 6.42 Å². The lowest BCUT2D eigenvalue weighted by Gasteiger charge is -2.29. The molecule has 1 aromatic rings. The van der Waals surface area contributed by atoms with E-state index in [2.05, 4.69) is 12.2 Å². The van der Waals surface area contributed by atoms with Crippen LogP contribution >= 0.6 is 11.3 Å². The molecule has 6 heteroatoms. The molecule has 1 aliphatic rings. The van der Waals surface area contributed by atoms with E-state index in [1.807, 2.05) is 12.3 Å². The van der Waals surface area contributed by atoms with Crippen molar-refractivity contribution in [2.75, 3.05) is 20.1 Å². The van der Waals surface area contributed by atoms with Crippen LogP contribution in [-0.4, -0.2) is 32.9 Å². The van der Waals surface area contributed by atoms with Crippen LogP contribution in [0.15, 0.2) is 10.3 Å². The van der Waals surface area contributed by atoms with Gasteiger partial charge < -0.3 is 5.32 Å². The Hall–Kier alpha value is -0.430. The van der Waals surface area contributed by atoms with E-state index < -0.39 is 10.0 Å². The van der Waals surface area contributed by atoms with Crippen molar-refractivity contribution in [1.29, 1.82) is 0 Å². The summed E-state index contributed by atoms with van der Waals surface area (Å²) in [7, 11) is -1.65.